The SMILES string of the molecule is C.CC1(C)c2ccccc2C2(c3ccc(-c4ccc5c6ccccc6c6ccccc6c5c4)cc3-c3c(-c4nc(-c5ccccc5)nc(-c5ccccc5)n4)cccc32)c2ccccc21.CC1(C)c2ccccc2C2(c3ccc(-c4ccc5c6ccccc6c6ccccc6c5c4)cc3-c3c(B4OC(C)(C)C(C)(C)O4)cccc32)c2ccccc21.Clc1nc(-c2ccccc2)nc(-c2ccccc2)n1.[2HH]. The molecule has 2 aromatic heterocycles. The highest BCUT2D eigenvalue weighted by atomic mass is 35.5. The van der Waals surface area contributed by atoms with Gasteiger partial charge in [0.15, 0.2) is 29.1 Å². The summed E-state index contributed by atoms with van der Waals surface area (Å²) >= 11 is 5.99. The summed E-state index contributed by atoms with van der Waals surface area (Å²) in [6, 6.07) is 154. The molecule has 668 valence electrons. The zero-order valence-corrected chi connectivity index (χ0v) is 78.6. The second-order valence-electron chi connectivity index (χ2n) is 39.3. The molecule has 0 bridgehead atoms. The number of rotatable bonds is 8. The van der Waals surface area contributed by atoms with Gasteiger partial charge in [0.05, 0.1) is 22.0 Å². The van der Waals surface area contributed by atoms with Crippen LogP contribution in [0.15, 0.2) is 425 Å². The van der Waals surface area contributed by atoms with Gasteiger partial charge in [0.2, 0.25) is 5.28 Å². The normalized spacial score (nSPS) is 15.0. The summed E-state index contributed by atoms with van der Waals surface area (Å²) in [7, 11) is -0.502. The fourth-order valence-corrected chi connectivity index (χ4v) is 23.7. The number of hydrogen-bond acceptors (Lipinski definition) is 8. The maximum Gasteiger partial charge on any atom is 0.495 e. The number of halogens is 1. The van der Waals surface area contributed by atoms with E-state index >= 15 is 0 Å². The number of hydrogen-bond donors (Lipinski definition) is 0. The van der Waals surface area contributed by atoms with Crippen molar-refractivity contribution in [3.63, 3.8) is 0 Å². The molecule has 4 aliphatic carbocycles. The number of aromatic nitrogens is 6. The van der Waals surface area contributed by atoms with Crippen molar-refractivity contribution < 1.29 is 10.7 Å². The third-order valence-electron chi connectivity index (χ3n) is 30.6. The van der Waals surface area contributed by atoms with Crippen molar-refractivity contribution in [2.24, 2.45) is 0 Å². The van der Waals surface area contributed by atoms with E-state index in [1.165, 1.54) is 170 Å². The Bertz CT molecular complexity index is 8470. The molecule has 22 aromatic rings. The van der Waals surface area contributed by atoms with E-state index < -0.39 is 29.2 Å². The van der Waals surface area contributed by atoms with Crippen molar-refractivity contribution in [1.82, 2.24) is 29.9 Å². The summed E-state index contributed by atoms with van der Waals surface area (Å²) < 4.78 is 13.7. The van der Waals surface area contributed by atoms with Crippen LogP contribution in [0.3, 0.4) is 0 Å². The van der Waals surface area contributed by atoms with Crippen molar-refractivity contribution in [3.8, 4) is 101 Å². The van der Waals surface area contributed by atoms with Crippen LogP contribution in [0.25, 0.3) is 166 Å². The predicted molar refractivity (Wildman–Crippen MR) is 578 cm³/mol. The molecular formula is C129H100BClN6O2. The van der Waals surface area contributed by atoms with E-state index in [9.17, 15) is 0 Å². The Morgan fingerprint density at radius 2 is 0.468 bits per heavy atom. The fraction of sp³-hybridized carbons (Fsp3) is 0.116. The lowest BCUT2D eigenvalue weighted by molar-refractivity contribution is 0.00578. The average molecular weight is 1810 g/mol. The van der Waals surface area contributed by atoms with Crippen LogP contribution in [0.4, 0.5) is 0 Å². The summed E-state index contributed by atoms with van der Waals surface area (Å²) in [4.78, 5) is 28.6. The predicted octanol–water partition coefficient (Wildman–Crippen LogP) is 31.9. The molecule has 20 aromatic carbocycles. The maximum atomic E-state index is 6.86. The van der Waals surface area contributed by atoms with Crippen LogP contribution < -0.4 is 5.46 Å². The number of nitrogens with zero attached hydrogens (tertiary/aromatic N) is 6. The van der Waals surface area contributed by atoms with E-state index in [0.717, 1.165) is 38.8 Å². The number of benzene rings is 20. The van der Waals surface area contributed by atoms with E-state index in [1.54, 1.807) is 0 Å². The first-order chi connectivity index (χ1) is 67.3. The van der Waals surface area contributed by atoms with Crippen LogP contribution in [0.1, 0.15) is 131 Å². The Morgan fingerprint density at radius 1 is 0.209 bits per heavy atom. The van der Waals surface area contributed by atoms with Crippen LogP contribution in [0.2, 0.25) is 5.28 Å². The zero-order valence-electron chi connectivity index (χ0n) is 77.9. The van der Waals surface area contributed by atoms with Crippen molar-refractivity contribution in [1.29, 1.82) is 0 Å². The third kappa shape index (κ3) is 13.4. The zero-order chi connectivity index (χ0) is 93.1. The molecule has 1 saturated heterocycles. The molecule has 0 unspecified atom stereocenters. The summed E-state index contributed by atoms with van der Waals surface area (Å²) in [6.07, 6.45) is 0. The van der Waals surface area contributed by atoms with Crippen molar-refractivity contribution >= 4 is 88.8 Å². The van der Waals surface area contributed by atoms with Crippen molar-refractivity contribution in [3.05, 3.63) is 497 Å². The average Bonchev–Trinajstić information content (AvgIpc) is 1.49. The highest BCUT2D eigenvalue weighted by Crippen LogP contribution is 2.66. The van der Waals surface area contributed by atoms with Gasteiger partial charge >= 0.3 is 7.12 Å². The lowest BCUT2D eigenvalue weighted by Gasteiger charge is -2.46. The first-order valence-corrected chi connectivity index (χ1v) is 48.1. The minimum Gasteiger partial charge on any atom is -0.399 e. The van der Waals surface area contributed by atoms with Crippen molar-refractivity contribution in [2.75, 3.05) is 0 Å². The van der Waals surface area contributed by atoms with E-state index in [1.807, 2.05) is 97.1 Å². The van der Waals surface area contributed by atoms with Gasteiger partial charge in [-0.1, -0.05) is 436 Å². The molecular weight excluding hydrogens is 1710 g/mol. The van der Waals surface area contributed by atoms with E-state index in [0.29, 0.717) is 29.1 Å². The fourth-order valence-electron chi connectivity index (χ4n) is 23.5. The molecule has 0 N–H and O–H groups in total. The Labute approximate surface area is 817 Å². The quantitative estimate of drug-likeness (QED) is 0.110. The Balaban J connectivity index is 0.000000131. The molecule has 27 rings (SSSR count). The molecule has 0 amide bonds. The second kappa shape index (κ2) is 33.0. The molecule has 3 heterocycles. The molecule has 0 atom stereocenters. The molecule has 8 nitrogen and oxygen atoms in total. The van der Waals surface area contributed by atoms with Crippen LogP contribution in [-0.4, -0.2) is 48.2 Å². The lowest BCUT2D eigenvalue weighted by atomic mass is 9.55. The number of fused-ring (bicyclic) bond motifs is 30. The van der Waals surface area contributed by atoms with Gasteiger partial charge in [-0.05, 0) is 245 Å². The molecule has 1 fully saturated rings. The van der Waals surface area contributed by atoms with Gasteiger partial charge in [0.1, 0.15) is 0 Å². The minimum atomic E-state index is -0.585. The highest BCUT2D eigenvalue weighted by Gasteiger charge is 2.58. The molecule has 0 radical (unpaired) electrons. The Morgan fingerprint density at radius 3 is 0.820 bits per heavy atom. The van der Waals surface area contributed by atoms with Gasteiger partial charge < -0.3 is 9.31 Å². The molecule has 2 spiro atoms. The Kier molecular flexibility index (Phi) is 20.5. The topological polar surface area (TPSA) is 95.8 Å². The van der Waals surface area contributed by atoms with Crippen LogP contribution in [0.5, 0.6) is 0 Å². The van der Waals surface area contributed by atoms with Crippen molar-refractivity contribution in [2.45, 2.75) is 95.7 Å². The maximum absolute atomic E-state index is 6.86. The standard InChI is InChI=1S/C61H41N3.C52H43BO2.C15H10ClN3.CH4.H2/c1-60(2)51-27-13-15-29-53(51)61(54-30-16-14-28-52(54)60)50-35-33-41(40-32-34-46-44-24-10-9-22-42(44)43-23-11-12-25-45(43)48(46)36-40)37-49(50)56-47(26-17-31-55(56)61)59-63-57(38-18-5-3-6-19-38)62-58(64-59)39-20-7-4-8-21-39;1-49(2)42-20-11-13-22-44(42)52(45-23-14-12-21-43(45)49)41-29-27-33(31-40(41)48-46(52)24-15-25-47(48)53-54-50(3,4)51(5,6)55-53)32-26-28-38-36-18-8-7-16-34(36)35-17-9-10-19-37(35)39(38)30-32;16-15-18-13(11-7-3-1-4-8-11)17-14(19-15)12-9-5-2-6-10-12;;/h3-37H,1-2H3;7-31H,1-6H3;1-10H;1H4;1H/i;;;;1+1. The summed E-state index contributed by atoms with van der Waals surface area (Å²) in [6.45, 7) is 18.1. The van der Waals surface area contributed by atoms with E-state index in [-0.39, 0.29) is 25.0 Å². The smallest absolute Gasteiger partial charge is 0.399 e. The first kappa shape index (κ1) is 86.1. The third-order valence-corrected chi connectivity index (χ3v) is 30.8. The van der Waals surface area contributed by atoms with Crippen LogP contribution in [0, 0.1) is 0 Å². The van der Waals surface area contributed by atoms with Gasteiger partial charge in [-0.15, -0.1) is 0 Å². The highest BCUT2D eigenvalue weighted by molar-refractivity contribution is 6.64. The molecule has 5 aliphatic rings. The van der Waals surface area contributed by atoms with Gasteiger partial charge in [-0.3, -0.25) is 0 Å². The monoisotopic (exact) mass is 1810 g/mol. The lowest BCUT2D eigenvalue weighted by Crippen LogP contribution is -2.41. The summed E-state index contributed by atoms with van der Waals surface area (Å²) in [5.41, 5.74) is 28.8. The van der Waals surface area contributed by atoms with Gasteiger partial charge in [0, 0.05) is 40.1 Å². The first-order valence-electron chi connectivity index (χ1n) is 47.7. The molecule has 139 heavy (non-hydrogen) atoms. The molecule has 0 saturated carbocycles. The summed E-state index contributed by atoms with van der Waals surface area (Å²) in [5, 5.41) is 15.5. The van der Waals surface area contributed by atoms with Gasteiger partial charge in [-0.25, -0.2) is 19.9 Å². The molecule has 1 aliphatic heterocycles. The van der Waals surface area contributed by atoms with Crippen LogP contribution in [-0.2, 0) is 31.0 Å². The minimum absolute atomic E-state index is 0. The van der Waals surface area contributed by atoms with Gasteiger partial charge in [0.25, 0.3) is 0 Å². The van der Waals surface area contributed by atoms with Gasteiger partial charge in [-0.2, -0.15) is 9.97 Å². The Hall–Kier alpha value is -15.7. The molecule has 10 heteroatoms. The van der Waals surface area contributed by atoms with Crippen LogP contribution >= 0.6 is 11.6 Å². The van der Waals surface area contributed by atoms with E-state index in [4.69, 9.17) is 35.9 Å². The second-order valence-corrected chi connectivity index (χ2v) is 39.6. The summed E-state index contributed by atoms with van der Waals surface area (Å²) in [5.74, 6) is 3.11. The largest absolute Gasteiger partial charge is 0.495 e. The van der Waals surface area contributed by atoms with E-state index in [2.05, 4.69) is 398 Å².